The van der Waals surface area contributed by atoms with E-state index >= 15 is 0 Å². The number of phenolic OH excluding ortho intramolecular Hbond substituents is 1. The molecule has 18 heavy (non-hydrogen) atoms. The van der Waals surface area contributed by atoms with E-state index in [4.69, 9.17) is 23.2 Å². The van der Waals surface area contributed by atoms with Crippen molar-refractivity contribution in [1.29, 1.82) is 0 Å². The van der Waals surface area contributed by atoms with E-state index in [1.54, 1.807) is 18.2 Å². The summed E-state index contributed by atoms with van der Waals surface area (Å²) in [5.74, 6) is -0.131. The van der Waals surface area contributed by atoms with Crippen LogP contribution >= 0.6 is 23.2 Å². The van der Waals surface area contributed by atoms with Gasteiger partial charge in [-0.05, 0) is 12.1 Å². The van der Waals surface area contributed by atoms with Crippen LogP contribution in [0.1, 0.15) is 0 Å². The quantitative estimate of drug-likeness (QED) is 0.895. The maximum absolute atomic E-state index is 11.3. The Kier molecular flexibility index (Phi) is 3.31. The fraction of sp³-hybridized carbons (Fsp3) is 0.0909. The SMILES string of the molecule is CS(=O)(=O)Nc1cccc2c(O)c(Cl)cc(Cl)c12. The van der Waals surface area contributed by atoms with Gasteiger partial charge in [0.2, 0.25) is 10.0 Å². The van der Waals surface area contributed by atoms with E-state index in [1.165, 1.54) is 6.07 Å². The number of sulfonamides is 1. The lowest BCUT2D eigenvalue weighted by Gasteiger charge is -2.11. The number of aromatic hydroxyl groups is 1. The van der Waals surface area contributed by atoms with E-state index in [9.17, 15) is 13.5 Å². The third kappa shape index (κ3) is 2.48. The molecule has 2 aromatic carbocycles. The highest BCUT2D eigenvalue weighted by Gasteiger charge is 2.14. The largest absolute Gasteiger partial charge is 0.506 e. The van der Waals surface area contributed by atoms with Gasteiger partial charge in [0.05, 0.1) is 22.0 Å². The lowest BCUT2D eigenvalue weighted by Crippen LogP contribution is -2.09. The molecule has 0 atom stereocenters. The monoisotopic (exact) mass is 305 g/mol. The average Bonchev–Trinajstić information content (AvgIpc) is 2.23. The smallest absolute Gasteiger partial charge is 0.229 e. The highest BCUT2D eigenvalue weighted by Crippen LogP contribution is 2.40. The number of phenols is 1. The van der Waals surface area contributed by atoms with E-state index in [2.05, 4.69) is 4.72 Å². The molecule has 2 aromatic rings. The van der Waals surface area contributed by atoms with Crippen molar-refractivity contribution in [1.82, 2.24) is 0 Å². The van der Waals surface area contributed by atoms with Gasteiger partial charge < -0.3 is 5.11 Å². The number of hydrogen-bond donors (Lipinski definition) is 2. The highest BCUT2D eigenvalue weighted by atomic mass is 35.5. The standard InChI is InChI=1S/C11H9Cl2NO3S/c1-18(16,17)14-9-4-2-3-6-10(9)7(12)5-8(13)11(6)15/h2-5,14-15H,1H3. The first-order valence-electron chi connectivity index (χ1n) is 4.87. The minimum atomic E-state index is -3.43. The number of anilines is 1. The lowest BCUT2D eigenvalue weighted by molar-refractivity contribution is 0.482. The topological polar surface area (TPSA) is 66.4 Å². The Bertz CT molecular complexity index is 729. The summed E-state index contributed by atoms with van der Waals surface area (Å²) >= 11 is 11.8. The third-order valence-electron chi connectivity index (χ3n) is 2.33. The van der Waals surface area contributed by atoms with E-state index in [-0.39, 0.29) is 15.8 Å². The van der Waals surface area contributed by atoms with Gasteiger partial charge in [-0.3, -0.25) is 4.72 Å². The molecule has 96 valence electrons. The van der Waals surface area contributed by atoms with Crippen LogP contribution in [0.2, 0.25) is 10.0 Å². The van der Waals surface area contributed by atoms with Gasteiger partial charge in [0.25, 0.3) is 0 Å². The molecule has 0 aliphatic carbocycles. The number of halogens is 2. The van der Waals surface area contributed by atoms with Crippen LogP contribution in [0.5, 0.6) is 5.75 Å². The summed E-state index contributed by atoms with van der Waals surface area (Å²) < 4.78 is 24.9. The molecule has 0 saturated carbocycles. The van der Waals surface area contributed by atoms with Crippen LogP contribution in [0.4, 0.5) is 5.69 Å². The predicted octanol–water partition coefficient (Wildman–Crippen LogP) is 3.22. The summed E-state index contributed by atoms with van der Waals surface area (Å²) in [4.78, 5) is 0. The van der Waals surface area contributed by atoms with Gasteiger partial charge in [-0.25, -0.2) is 8.42 Å². The summed E-state index contributed by atoms with van der Waals surface area (Å²) in [6, 6.07) is 6.13. The highest BCUT2D eigenvalue weighted by molar-refractivity contribution is 7.92. The molecule has 0 spiro atoms. The number of fused-ring (bicyclic) bond motifs is 1. The van der Waals surface area contributed by atoms with E-state index < -0.39 is 10.0 Å². The van der Waals surface area contributed by atoms with Gasteiger partial charge >= 0.3 is 0 Å². The van der Waals surface area contributed by atoms with E-state index in [0.29, 0.717) is 16.5 Å². The minimum absolute atomic E-state index is 0.115. The van der Waals surface area contributed by atoms with Gasteiger partial charge in [0, 0.05) is 10.8 Å². The average molecular weight is 306 g/mol. The van der Waals surface area contributed by atoms with Gasteiger partial charge in [0.15, 0.2) is 0 Å². The van der Waals surface area contributed by atoms with Crippen molar-refractivity contribution < 1.29 is 13.5 Å². The fourth-order valence-electron chi connectivity index (χ4n) is 1.67. The first kappa shape index (κ1) is 13.3. The number of rotatable bonds is 2. The van der Waals surface area contributed by atoms with Gasteiger partial charge in [0.1, 0.15) is 5.75 Å². The lowest BCUT2D eigenvalue weighted by atomic mass is 10.1. The third-order valence-corrected chi connectivity index (χ3v) is 3.51. The van der Waals surface area contributed by atoms with Crippen molar-refractivity contribution in [2.75, 3.05) is 11.0 Å². The molecule has 0 unspecified atom stereocenters. The van der Waals surface area contributed by atoms with Crippen molar-refractivity contribution >= 4 is 49.7 Å². The number of nitrogens with one attached hydrogen (secondary N) is 1. The normalized spacial score (nSPS) is 11.7. The molecule has 0 aromatic heterocycles. The van der Waals surface area contributed by atoms with Crippen molar-refractivity contribution in [2.45, 2.75) is 0 Å². The van der Waals surface area contributed by atoms with Crippen LogP contribution in [-0.2, 0) is 10.0 Å². The zero-order valence-corrected chi connectivity index (χ0v) is 11.6. The van der Waals surface area contributed by atoms with Crippen molar-refractivity contribution in [3.05, 3.63) is 34.3 Å². The summed E-state index contributed by atoms with van der Waals surface area (Å²) in [5.41, 5.74) is 0.298. The number of hydrogen-bond acceptors (Lipinski definition) is 3. The Morgan fingerprint density at radius 2 is 1.89 bits per heavy atom. The van der Waals surface area contributed by atoms with Crippen LogP contribution in [0, 0.1) is 0 Å². The van der Waals surface area contributed by atoms with E-state index in [0.717, 1.165) is 6.26 Å². The molecule has 0 aliphatic heterocycles. The second-order valence-electron chi connectivity index (χ2n) is 3.79. The summed E-state index contributed by atoms with van der Waals surface area (Å²) in [6.07, 6.45) is 1.04. The predicted molar refractivity (Wildman–Crippen MR) is 74.1 cm³/mol. The number of benzene rings is 2. The molecule has 0 heterocycles. The minimum Gasteiger partial charge on any atom is -0.506 e. The molecule has 4 nitrogen and oxygen atoms in total. The van der Waals surface area contributed by atoms with Crippen LogP contribution in [0.3, 0.4) is 0 Å². The van der Waals surface area contributed by atoms with Crippen molar-refractivity contribution in [2.24, 2.45) is 0 Å². The van der Waals surface area contributed by atoms with Crippen LogP contribution in [-0.4, -0.2) is 19.8 Å². The summed E-state index contributed by atoms with van der Waals surface area (Å²) in [5, 5.41) is 11.0. The molecular formula is C11H9Cl2NO3S. The first-order chi connectivity index (χ1) is 8.29. The van der Waals surface area contributed by atoms with Crippen LogP contribution in [0.15, 0.2) is 24.3 Å². The Morgan fingerprint density at radius 3 is 2.50 bits per heavy atom. The molecular weight excluding hydrogens is 297 g/mol. The maximum Gasteiger partial charge on any atom is 0.229 e. The maximum atomic E-state index is 11.3. The zero-order chi connectivity index (χ0) is 13.5. The molecule has 7 heteroatoms. The Labute approximate surface area is 114 Å². The molecule has 0 radical (unpaired) electrons. The zero-order valence-electron chi connectivity index (χ0n) is 9.24. The van der Waals surface area contributed by atoms with Gasteiger partial charge in [-0.1, -0.05) is 35.3 Å². The first-order valence-corrected chi connectivity index (χ1v) is 7.52. The molecule has 0 fully saturated rings. The van der Waals surface area contributed by atoms with Crippen molar-refractivity contribution in [3.63, 3.8) is 0 Å². The molecule has 0 aliphatic rings. The van der Waals surface area contributed by atoms with Gasteiger partial charge in [-0.15, -0.1) is 0 Å². The fourth-order valence-corrected chi connectivity index (χ4v) is 2.82. The molecule has 0 amide bonds. The Morgan fingerprint density at radius 1 is 1.22 bits per heavy atom. The molecule has 0 bridgehead atoms. The summed E-state index contributed by atoms with van der Waals surface area (Å²) in [6.45, 7) is 0. The molecule has 2 N–H and O–H groups in total. The second-order valence-corrected chi connectivity index (χ2v) is 6.35. The van der Waals surface area contributed by atoms with Crippen LogP contribution < -0.4 is 4.72 Å². The summed E-state index contributed by atoms with van der Waals surface area (Å²) in [7, 11) is -3.43. The molecule has 0 saturated heterocycles. The van der Waals surface area contributed by atoms with Crippen molar-refractivity contribution in [3.8, 4) is 5.75 Å². The van der Waals surface area contributed by atoms with Gasteiger partial charge in [-0.2, -0.15) is 0 Å². The van der Waals surface area contributed by atoms with E-state index in [1.807, 2.05) is 0 Å². The Balaban J connectivity index is 2.81. The Hall–Kier alpha value is -1.17. The van der Waals surface area contributed by atoms with Crippen LogP contribution in [0.25, 0.3) is 10.8 Å². The molecule has 2 rings (SSSR count). The second kappa shape index (κ2) is 4.50.